The average molecular weight is 486 g/mol. The van der Waals surface area contributed by atoms with E-state index in [-0.39, 0.29) is 10.8 Å². The fourth-order valence-electron chi connectivity index (χ4n) is 4.88. The van der Waals surface area contributed by atoms with E-state index in [2.05, 4.69) is 4.90 Å². The van der Waals surface area contributed by atoms with Crippen molar-refractivity contribution in [2.75, 3.05) is 45.2 Å². The van der Waals surface area contributed by atoms with Gasteiger partial charge in [0.05, 0.1) is 12.8 Å². The number of rotatable bonds is 7. The van der Waals surface area contributed by atoms with Gasteiger partial charge in [-0.3, -0.25) is 4.79 Å². The van der Waals surface area contributed by atoms with Crippen LogP contribution in [0, 0.1) is 0 Å². The first-order valence-electron chi connectivity index (χ1n) is 12.2. The number of piperidine rings is 2. The second-order valence-electron chi connectivity index (χ2n) is 9.17. The topological polar surface area (TPSA) is 70.2 Å². The lowest BCUT2D eigenvalue weighted by Crippen LogP contribution is -2.38. The second-order valence-corrected chi connectivity index (χ2v) is 11.1. The molecule has 7 nitrogen and oxygen atoms in total. The number of carbonyl (C=O) groups is 1. The number of carbonyl (C=O) groups excluding carboxylic acids is 1. The second kappa shape index (κ2) is 10.8. The first-order valence-corrected chi connectivity index (χ1v) is 13.6. The van der Waals surface area contributed by atoms with Crippen molar-refractivity contribution in [2.45, 2.75) is 50.0 Å². The lowest BCUT2D eigenvalue weighted by atomic mass is 10.1. The lowest BCUT2D eigenvalue weighted by molar-refractivity contribution is 0.0784. The van der Waals surface area contributed by atoms with E-state index in [1.54, 1.807) is 35.5 Å². The van der Waals surface area contributed by atoms with Gasteiger partial charge in [-0.25, -0.2) is 8.42 Å². The molecular formula is C26H35N3O4S. The molecular weight excluding hydrogens is 450 g/mol. The predicted molar refractivity (Wildman–Crippen MR) is 134 cm³/mol. The minimum absolute atomic E-state index is 0.216. The molecule has 0 unspecified atom stereocenters. The van der Waals surface area contributed by atoms with Crippen LogP contribution in [0.3, 0.4) is 0 Å². The predicted octanol–water partition coefficient (Wildman–Crippen LogP) is 4.13. The number of amides is 1. The van der Waals surface area contributed by atoms with Gasteiger partial charge < -0.3 is 14.5 Å². The van der Waals surface area contributed by atoms with Crippen LogP contribution in [0.1, 0.15) is 54.4 Å². The first-order chi connectivity index (χ1) is 16.4. The summed E-state index contributed by atoms with van der Waals surface area (Å²) in [7, 11) is -0.355. The third-order valence-corrected chi connectivity index (χ3v) is 8.71. The van der Waals surface area contributed by atoms with Crippen molar-refractivity contribution in [1.82, 2.24) is 9.21 Å². The van der Waals surface area contributed by atoms with Gasteiger partial charge in [0.2, 0.25) is 10.0 Å². The van der Waals surface area contributed by atoms with Crippen molar-refractivity contribution >= 4 is 21.6 Å². The largest absolute Gasteiger partial charge is 0.496 e. The van der Waals surface area contributed by atoms with Crippen LogP contribution in [-0.4, -0.2) is 63.9 Å². The zero-order valence-electron chi connectivity index (χ0n) is 20.2. The molecule has 0 saturated carbocycles. The number of para-hydroxylation sites is 1. The van der Waals surface area contributed by atoms with Crippen molar-refractivity contribution in [3.05, 3.63) is 53.6 Å². The van der Waals surface area contributed by atoms with Gasteiger partial charge in [0.1, 0.15) is 10.6 Å². The van der Waals surface area contributed by atoms with Crippen LogP contribution in [0.2, 0.25) is 0 Å². The molecule has 34 heavy (non-hydrogen) atoms. The molecule has 0 aromatic heterocycles. The van der Waals surface area contributed by atoms with Gasteiger partial charge in [0.25, 0.3) is 5.91 Å². The molecule has 0 atom stereocenters. The Bertz CT molecular complexity index is 1110. The highest BCUT2D eigenvalue weighted by Crippen LogP contribution is 2.33. The summed E-state index contributed by atoms with van der Waals surface area (Å²) in [5.41, 5.74) is 2.00. The summed E-state index contributed by atoms with van der Waals surface area (Å²) in [6.07, 6.45) is 6.06. The number of sulfonamides is 1. The molecule has 0 aliphatic carbocycles. The molecule has 2 heterocycles. The maximum atomic E-state index is 13.7. The van der Waals surface area contributed by atoms with Crippen molar-refractivity contribution in [3.63, 3.8) is 0 Å². The molecule has 0 spiro atoms. The standard InChI is InChI=1S/C26H35N3O4S/c1-27(20-22-11-5-6-12-24(22)33-2)26(30)21-13-14-23(28-15-7-3-8-16-28)25(19-21)34(31,32)29-17-9-4-10-18-29/h5-6,11-14,19H,3-4,7-10,15-18,20H2,1-2H3. The Balaban J connectivity index is 1.66. The highest BCUT2D eigenvalue weighted by atomic mass is 32.2. The molecule has 0 N–H and O–H groups in total. The van der Waals surface area contributed by atoms with Gasteiger partial charge in [0.15, 0.2) is 0 Å². The molecule has 2 saturated heterocycles. The zero-order valence-corrected chi connectivity index (χ0v) is 21.0. The van der Waals surface area contributed by atoms with Gasteiger partial charge in [-0.05, 0) is 56.4 Å². The first kappa shape index (κ1) is 24.5. The summed E-state index contributed by atoms with van der Waals surface area (Å²) in [6, 6.07) is 12.8. The Hall–Kier alpha value is -2.58. The Kier molecular flexibility index (Phi) is 7.78. The molecule has 1 amide bonds. The number of anilines is 1. The summed E-state index contributed by atoms with van der Waals surface area (Å²) in [6.45, 7) is 3.11. The van der Waals surface area contributed by atoms with Crippen LogP contribution in [0.15, 0.2) is 47.4 Å². The molecule has 2 aliphatic heterocycles. The highest BCUT2D eigenvalue weighted by molar-refractivity contribution is 7.89. The number of methoxy groups -OCH3 is 1. The summed E-state index contributed by atoms with van der Waals surface area (Å²) >= 11 is 0. The van der Waals surface area contributed by atoms with Crippen LogP contribution in [0.5, 0.6) is 5.75 Å². The minimum atomic E-state index is -3.69. The van der Waals surface area contributed by atoms with Crippen molar-refractivity contribution < 1.29 is 17.9 Å². The maximum Gasteiger partial charge on any atom is 0.253 e. The smallest absolute Gasteiger partial charge is 0.253 e. The van der Waals surface area contributed by atoms with E-state index in [0.717, 1.165) is 62.9 Å². The Morgan fingerprint density at radius 2 is 1.59 bits per heavy atom. The van der Waals surface area contributed by atoms with E-state index in [1.807, 2.05) is 30.3 Å². The molecule has 8 heteroatoms. The number of nitrogens with zero attached hydrogens (tertiary/aromatic N) is 3. The Morgan fingerprint density at radius 1 is 0.941 bits per heavy atom. The normalized spacial score (nSPS) is 17.4. The van der Waals surface area contributed by atoms with Crippen molar-refractivity contribution in [1.29, 1.82) is 0 Å². The van der Waals surface area contributed by atoms with Crippen LogP contribution in [0.25, 0.3) is 0 Å². The molecule has 2 aromatic rings. The quantitative estimate of drug-likeness (QED) is 0.590. The number of ether oxygens (including phenoxy) is 1. The van der Waals surface area contributed by atoms with Gasteiger partial charge >= 0.3 is 0 Å². The number of benzene rings is 2. The van der Waals surface area contributed by atoms with Gasteiger partial charge in [-0.2, -0.15) is 4.31 Å². The number of hydrogen-bond acceptors (Lipinski definition) is 5. The van der Waals surface area contributed by atoms with Crippen LogP contribution in [-0.2, 0) is 16.6 Å². The van der Waals surface area contributed by atoms with E-state index in [9.17, 15) is 13.2 Å². The molecule has 2 aliphatic rings. The maximum absolute atomic E-state index is 13.7. The molecule has 0 radical (unpaired) electrons. The van der Waals surface area contributed by atoms with E-state index >= 15 is 0 Å². The zero-order chi connectivity index (χ0) is 24.1. The summed E-state index contributed by atoms with van der Waals surface area (Å²) in [5.74, 6) is 0.502. The fraction of sp³-hybridized carbons (Fsp3) is 0.500. The minimum Gasteiger partial charge on any atom is -0.496 e. The molecule has 4 rings (SSSR count). The van der Waals surface area contributed by atoms with Crippen molar-refractivity contribution in [2.24, 2.45) is 0 Å². The Morgan fingerprint density at radius 3 is 2.26 bits per heavy atom. The number of hydrogen-bond donors (Lipinski definition) is 0. The summed E-state index contributed by atoms with van der Waals surface area (Å²) in [5, 5.41) is 0. The lowest BCUT2D eigenvalue weighted by Gasteiger charge is -2.33. The van der Waals surface area contributed by atoms with Crippen LogP contribution >= 0.6 is 0 Å². The van der Waals surface area contributed by atoms with Gasteiger partial charge in [-0.1, -0.05) is 24.6 Å². The van der Waals surface area contributed by atoms with E-state index in [4.69, 9.17) is 4.74 Å². The summed E-state index contributed by atoms with van der Waals surface area (Å²) < 4.78 is 34.5. The third kappa shape index (κ3) is 5.23. The van der Waals surface area contributed by atoms with Gasteiger partial charge in [0, 0.05) is 50.9 Å². The van der Waals surface area contributed by atoms with E-state index in [0.29, 0.717) is 30.9 Å². The van der Waals surface area contributed by atoms with Crippen molar-refractivity contribution in [3.8, 4) is 5.75 Å². The Labute approximate surface area is 203 Å². The fourth-order valence-corrected chi connectivity index (χ4v) is 6.63. The molecule has 2 fully saturated rings. The SMILES string of the molecule is COc1ccccc1CN(C)C(=O)c1ccc(N2CCCCC2)c(S(=O)(=O)N2CCCCC2)c1. The average Bonchev–Trinajstić information content (AvgIpc) is 2.89. The van der Waals surface area contributed by atoms with Crippen LogP contribution in [0.4, 0.5) is 5.69 Å². The monoisotopic (exact) mass is 485 g/mol. The molecule has 0 bridgehead atoms. The third-order valence-electron chi connectivity index (χ3n) is 6.78. The van der Waals surface area contributed by atoms with E-state index in [1.165, 1.54) is 0 Å². The summed E-state index contributed by atoms with van der Waals surface area (Å²) in [4.78, 5) is 17.4. The van der Waals surface area contributed by atoms with Gasteiger partial charge in [-0.15, -0.1) is 0 Å². The van der Waals surface area contributed by atoms with Crippen LogP contribution < -0.4 is 9.64 Å². The molecule has 2 aromatic carbocycles. The van der Waals surface area contributed by atoms with E-state index < -0.39 is 10.0 Å². The molecule has 184 valence electrons. The highest BCUT2D eigenvalue weighted by Gasteiger charge is 2.31.